The molecular weight excluding hydrogens is 430 g/mol. The monoisotopic (exact) mass is 455 g/mol. The minimum absolute atomic E-state index is 0.0545. The average molecular weight is 456 g/mol. The summed E-state index contributed by atoms with van der Waals surface area (Å²) in [6.45, 7) is 6.07. The highest BCUT2D eigenvalue weighted by Gasteiger charge is 2.16. The van der Waals surface area contributed by atoms with Crippen LogP contribution in [0.2, 0.25) is 0 Å². The molecule has 2 amide bonds. The lowest BCUT2D eigenvalue weighted by molar-refractivity contribution is -0.131. The van der Waals surface area contributed by atoms with Crippen LogP contribution in [0.5, 0.6) is 11.5 Å². The summed E-state index contributed by atoms with van der Waals surface area (Å²) in [4.78, 5) is 24.4. The minimum atomic E-state index is -0.800. The van der Waals surface area contributed by atoms with Crippen LogP contribution in [0.15, 0.2) is 60.0 Å². The van der Waals surface area contributed by atoms with E-state index in [1.54, 1.807) is 42.1 Å². The van der Waals surface area contributed by atoms with Gasteiger partial charge in [0.05, 0.1) is 12.4 Å². The second kappa shape index (κ2) is 11.2. The molecule has 0 fully saturated rings. The van der Waals surface area contributed by atoms with Gasteiger partial charge in [-0.15, -0.1) is 10.2 Å². The summed E-state index contributed by atoms with van der Waals surface area (Å²) in [5.74, 6) is 0.447. The second-order valence-corrected chi connectivity index (χ2v) is 7.75. The third-order valence-corrected chi connectivity index (χ3v) is 5.25. The molecule has 1 unspecified atom stereocenters. The number of nitrogens with one attached hydrogen (secondary N) is 2. The van der Waals surface area contributed by atoms with Crippen LogP contribution in [0.3, 0.4) is 0 Å². The molecule has 0 aliphatic rings. The normalized spacial score (nSPS) is 11.5. The van der Waals surface area contributed by atoms with E-state index < -0.39 is 12.0 Å². The first-order valence-electron chi connectivity index (χ1n) is 10.0. The van der Waals surface area contributed by atoms with Gasteiger partial charge in [0.2, 0.25) is 5.91 Å². The van der Waals surface area contributed by atoms with E-state index in [1.807, 2.05) is 38.1 Å². The average Bonchev–Trinajstić information content (AvgIpc) is 3.26. The van der Waals surface area contributed by atoms with Crippen LogP contribution < -0.4 is 20.3 Å². The molecule has 0 aliphatic heterocycles. The molecule has 3 rings (SSSR count). The summed E-state index contributed by atoms with van der Waals surface area (Å²) in [6, 6.07) is 14.8. The molecule has 2 aromatic carbocycles. The lowest BCUT2D eigenvalue weighted by Gasteiger charge is -2.15. The molecule has 0 radical (unpaired) electrons. The third-order valence-electron chi connectivity index (χ3n) is 4.30. The van der Waals surface area contributed by atoms with E-state index in [2.05, 4.69) is 21.0 Å². The van der Waals surface area contributed by atoms with Crippen LogP contribution in [-0.2, 0) is 9.59 Å². The van der Waals surface area contributed by atoms with E-state index in [0.717, 1.165) is 17.0 Å². The van der Waals surface area contributed by atoms with Crippen molar-refractivity contribution in [2.75, 3.05) is 12.4 Å². The predicted octanol–water partition coefficient (Wildman–Crippen LogP) is 2.68. The first-order chi connectivity index (χ1) is 15.5. The number of carbonyl (C=O) groups excluding carboxylic acids is 2. The first kappa shape index (κ1) is 23.1. The summed E-state index contributed by atoms with van der Waals surface area (Å²) in [5.41, 5.74) is 6.81. The number of aryl methyl sites for hydroxylation is 1. The second-order valence-electron chi connectivity index (χ2n) is 6.81. The maximum atomic E-state index is 12.2. The molecule has 10 heteroatoms. The maximum absolute atomic E-state index is 12.2. The Morgan fingerprint density at radius 1 is 1.06 bits per heavy atom. The van der Waals surface area contributed by atoms with E-state index in [-0.39, 0.29) is 11.7 Å². The Balaban J connectivity index is 1.44. The van der Waals surface area contributed by atoms with E-state index in [4.69, 9.17) is 9.47 Å². The molecule has 1 atom stereocenters. The highest BCUT2D eigenvalue weighted by molar-refractivity contribution is 7.99. The van der Waals surface area contributed by atoms with Crippen molar-refractivity contribution in [2.45, 2.75) is 32.0 Å². The van der Waals surface area contributed by atoms with Crippen molar-refractivity contribution in [1.29, 1.82) is 0 Å². The SMILES string of the molecule is CCOc1ccc(OC(C)C(=O)NNC(=O)CSc2nncn2-c2ccc(C)cc2)cc1. The zero-order valence-electron chi connectivity index (χ0n) is 18.1. The number of aromatic nitrogens is 3. The Morgan fingerprint density at radius 3 is 2.44 bits per heavy atom. The topological polar surface area (TPSA) is 107 Å². The van der Waals surface area contributed by atoms with Crippen molar-refractivity contribution >= 4 is 23.6 Å². The lowest BCUT2D eigenvalue weighted by atomic mass is 10.2. The number of hydrogen-bond acceptors (Lipinski definition) is 7. The van der Waals surface area contributed by atoms with Crippen LogP contribution in [0, 0.1) is 6.92 Å². The fourth-order valence-electron chi connectivity index (χ4n) is 2.64. The Bertz CT molecular complexity index is 1040. The summed E-state index contributed by atoms with van der Waals surface area (Å²) in [5, 5.41) is 8.54. The number of ether oxygens (including phenoxy) is 2. The molecule has 9 nitrogen and oxygen atoms in total. The van der Waals surface area contributed by atoms with Gasteiger partial charge in [0, 0.05) is 5.69 Å². The summed E-state index contributed by atoms with van der Waals surface area (Å²) < 4.78 is 12.8. The number of nitrogens with zero attached hydrogens (tertiary/aromatic N) is 3. The molecule has 1 aromatic heterocycles. The highest BCUT2D eigenvalue weighted by Crippen LogP contribution is 2.20. The molecule has 0 saturated heterocycles. The van der Waals surface area contributed by atoms with Gasteiger partial charge in [-0.05, 0) is 57.2 Å². The van der Waals surface area contributed by atoms with Gasteiger partial charge < -0.3 is 9.47 Å². The van der Waals surface area contributed by atoms with Crippen molar-refractivity contribution in [1.82, 2.24) is 25.6 Å². The van der Waals surface area contributed by atoms with E-state index in [0.29, 0.717) is 17.5 Å². The summed E-state index contributed by atoms with van der Waals surface area (Å²) in [7, 11) is 0. The fourth-order valence-corrected chi connectivity index (χ4v) is 3.37. The lowest BCUT2D eigenvalue weighted by Crippen LogP contribution is -2.47. The zero-order chi connectivity index (χ0) is 22.9. The van der Waals surface area contributed by atoms with Crippen molar-refractivity contribution in [3.63, 3.8) is 0 Å². The molecular formula is C22H25N5O4S. The minimum Gasteiger partial charge on any atom is -0.494 e. The van der Waals surface area contributed by atoms with Gasteiger partial charge in [0.1, 0.15) is 17.8 Å². The van der Waals surface area contributed by atoms with Crippen molar-refractivity contribution in [3.05, 3.63) is 60.4 Å². The van der Waals surface area contributed by atoms with Crippen LogP contribution >= 0.6 is 11.8 Å². The summed E-state index contributed by atoms with van der Waals surface area (Å²) in [6.07, 6.45) is 0.789. The number of hydrogen-bond donors (Lipinski definition) is 2. The summed E-state index contributed by atoms with van der Waals surface area (Å²) >= 11 is 1.21. The van der Waals surface area contributed by atoms with Crippen LogP contribution in [0.1, 0.15) is 19.4 Å². The highest BCUT2D eigenvalue weighted by atomic mass is 32.2. The number of amides is 2. The largest absolute Gasteiger partial charge is 0.494 e. The van der Waals surface area contributed by atoms with Gasteiger partial charge >= 0.3 is 0 Å². The number of benzene rings is 2. The molecule has 2 N–H and O–H groups in total. The van der Waals surface area contributed by atoms with E-state index in [1.165, 1.54) is 11.8 Å². The third kappa shape index (κ3) is 6.48. The van der Waals surface area contributed by atoms with E-state index >= 15 is 0 Å². The van der Waals surface area contributed by atoms with Crippen molar-refractivity contribution < 1.29 is 19.1 Å². The Hall–Kier alpha value is -3.53. The molecule has 0 saturated carbocycles. The maximum Gasteiger partial charge on any atom is 0.279 e. The van der Waals surface area contributed by atoms with Crippen LogP contribution in [-0.4, -0.2) is 45.0 Å². The molecule has 1 heterocycles. The Kier molecular flexibility index (Phi) is 8.09. The van der Waals surface area contributed by atoms with Crippen LogP contribution in [0.25, 0.3) is 5.69 Å². The molecule has 0 aliphatic carbocycles. The molecule has 0 bridgehead atoms. The van der Waals surface area contributed by atoms with Gasteiger partial charge in [-0.25, -0.2) is 0 Å². The zero-order valence-corrected chi connectivity index (χ0v) is 18.9. The van der Waals surface area contributed by atoms with Crippen LogP contribution in [0.4, 0.5) is 0 Å². The van der Waals surface area contributed by atoms with Gasteiger partial charge in [-0.3, -0.25) is 25.0 Å². The molecule has 168 valence electrons. The first-order valence-corrected chi connectivity index (χ1v) is 11.0. The van der Waals surface area contributed by atoms with Gasteiger partial charge in [-0.2, -0.15) is 0 Å². The standard InChI is InChI=1S/C22H25N5O4S/c1-4-30-18-9-11-19(12-10-18)31-16(3)21(29)25-24-20(28)13-32-22-26-23-14-27(22)17-7-5-15(2)6-8-17/h5-12,14,16H,4,13H2,1-3H3,(H,24,28)(H,25,29). The van der Waals surface area contributed by atoms with Crippen molar-refractivity contribution in [3.8, 4) is 17.2 Å². The van der Waals surface area contributed by atoms with Gasteiger partial charge in [0.25, 0.3) is 5.91 Å². The quantitative estimate of drug-likeness (QED) is 0.377. The fraction of sp³-hybridized carbons (Fsp3) is 0.273. The predicted molar refractivity (Wildman–Crippen MR) is 121 cm³/mol. The van der Waals surface area contributed by atoms with Gasteiger partial charge in [0.15, 0.2) is 11.3 Å². The molecule has 3 aromatic rings. The number of thioether (sulfide) groups is 1. The smallest absolute Gasteiger partial charge is 0.279 e. The number of rotatable bonds is 9. The number of carbonyl (C=O) groups is 2. The number of hydrazine groups is 1. The van der Waals surface area contributed by atoms with Crippen molar-refractivity contribution in [2.24, 2.45) is 0 Å². The Morgan fingerprint density at radius 2 is 1.75 bits per heavy atom. The molecule has 32 heavy (non-hydrogen) atoms. The Labute approximate surface area is 190 Å². The molecule has 0 spiro atoms. The van der Waals surface area contributed by atoms with Gasteiger partial charge in [-0.1, -0.05) is 29.5 Å². The van der Waals surface area contributed by atoms with E-state index in [9.17, 15) is 9.59 Å².